The van der Waals surface area contributed by atoms with Crippen LogP contribution in [0, 0.1) is 29.9 Å². The third kappa shape index (κ3) is 4.62. The highest BCUT2D eigenvalue weighted by atomic mass is 16.6. The summed E-state index contributed by atoms with van der Waals surface area (Å²) in [5.74, 6) is -2.01. The number of hydrogen-bond donors (Lipinski definition) is 1. The zero-order valence-corrected chi connectivity index (χ0v) is 16.6. The SMILES string of the molecule is Cc1cccc(N2C[C@H](C(=O)OCC(=O)Nc3ccc([N+](=O)[O-])cc3)CC2=O)c1C. The summed E-state index contributed by atoms with van der Waals surface area (Å²) in [5.41, 5.74) is 3.04. The monoisotopic (exact) mass is 411 g/mol. The molecule has 1 N–H and O–H groups in total. The van der Waals surface area contributed by atoms with Crippen molar-refractivity contribution in [2.24, 2.45) is 5.92 Å². The number of carbonyl (C=O) groups is 3. The van der Waals surface area contributed by atoms with Crippen LogP contribution in [0.15, 0.2) is 42.5 Å². The first-order valence-electron chi connectivity index (χ1n) is 9.34. The van der Waals surface area contributed by atoms with Gasteiger partial charge in [0.05, 0.1) is 10.8 Å². The molecule has 3 rings (SSSR count). The first-order chi connectivity index (χ1) is 14.3. The van der Waals surface area contributed by atoms with Crippen molar-refractivity contribution < 1.29 is 24.0 Å². The van der Waals surface area contributed by atoms with Gasteiger partial charge in [-0.15, -0.1) is 0 Å². The molecule has 9 nitrogen and oxygen atoms in total. The highest BCUT2D eigenvalue weighted by Gasteiger charge is 2.37. The fourth-order valence-corrected chi connectivity index (χ4v) is 3.24. The summed E-state index contributed by atoms with van der Waals surface area (Å²) in [6.07, 6.45) is 0.0240. The van der Waals surface area contributed by atoms with Crippen LogP contribution in [0.1, 0.15) is 17.5 Å². The minimum atomic E-state index is -0.649. The molecule has 1 aliphatic rings. The van der Waals surface area contributed by atoms with E-state index in [0.717, 1.165) is 16.8 Å². The highest BCUT2D eigenvalue weighted by molar-refractivity contribution is 6.00. The van der Waals surface area contributed by atoms with Crippen LogP contribution in [0.4, 0.5) is 17.1 Å². The van der Waals surface area contributed by atoms with E-state index < -0.39 is 29.3 Å². The summed E-state index contributed by atoms with van der Waals surface area (Å²) in [7, 11) is 0. The van der Waals surface area contributed by atoms with Crippen LogP contribution >= 0.6 is 0 Å². The molecule has 0 unspecified atom stereocenters. The number of aryl methyl sites for hydroxylation is 1. The van der Waals surface area contributed by atoms with Gasteiger partial charge in [-0.3, -0.25) is 24.5 Å². The second kappa shape index (κ2) is 8.73. The summed E-state index contributed by atoms with van der Waals surface area (Å²) in [6, 6.07) is 10.9. The van der Waals surface area contributed by atoms with Gasteiger partial charge in [-0.2, -0.15) is 0 Å². The topological polar surface area (TPSA) is 119 Å². The van der Waals surface area contributed by atoms with Crippen LogP contribution in [-0.2, 0) is 19.1 Å². The molecule has 156 valence electrons. The number of carbonyl (C=O) groups excluding carboxylic acids is 3. The molecule has 0 radical (unpaired) electrons. The Labute approximate surface area is 172 Å². The molecule has 0 bridgehead atoms. The number of ether oxygens (including phenoxy) is 1. The molecule has 1 saturated heterocycles. The Morgan fingerprint density at radius 2 is 1.90 bits per heavy atom. The van der Waals surface area contributed by atoms with Crippen LogP contribution in [0.3, 0.4) is 0 Å². The number of hydrogen-bond acceptors (Lipinski definition) is 6. The van der Waals surface area contributed by atoms with Gasteiger partial charge in [0.2, 0.25) is 5.91 Å². The standard InChI is InChI=1S/C21H21N3O6/c1-13-4-3-5-18(14(13)2)23-11-15(10-20(23)26)21(27)30-12-19(25)22-16-6-8-17(9-7-16)24(28)29/h3-9,15H,10-12H2,1-2H3,(H,22,25)/t15-/m1/s1. The lowest BCUT2D eigenvalue weighted by Crippen LogP contribution is -2.28. The third-order valence-electron chi connectivity index (χ3n) is 5.03. The molecule has 2 aromatic rings. The van der Waals surface area contributed by atoms with E-state index in [-0.39, 0.29) is 24.6 Å². The fourth-order valence-electron chi connectivity index (χ4n) is 3.24. The molecule has 0 spiro atoms. The number of esters is 1. The Morgan fingerprint density at radius 3 is 2.57 bits per heavy atom. The van der Waals surface area contributed by atoms with Crippen LogP contribution in [0.2, 0.25) is 0 Å². The van der Waals surface area contributed by atoms with Gasteiger partial charge in [0.25, 0.3) is 11.6 Å². The molecule has 2 aromatic carbocycles. The van der Waals surface area contributed by atoms with Crippen molar-refractivity contribution >= 4 is 34.8 Å². The van der Waals surface area contributed by atoms with Crippen LogP contribution < -0.4 is 10.2 Å². The van der Waals surface area contributed by atoms with E-state index >= 15 is 0 Å². The van der Waals surface area contributed by atoms with E-state index in [2.05, 4.69) is 5.32 Å². The number of amides is 2. The maximum absolute atomic E-state index is 12.4. The number of nitrogens with zero attached hydrogens (tertiary/aromatic N) is 2. The zero-order chi connectivity index (χ0) is 21.8. The quantitative estimate of drug-likeness (QED) is 0.443. The number of nitro groups is 1. The van der Waals surface area contributed by atoms with Gasteiger partial charge in [0.1, 0.15) is 0 Å². The first-order valence-corrected chi connectivity index (χ1v) is 9.34. The lowest BCUT2D eigenvalue weighted by Gasteiger charge is -2.20. The van der Waals surface area contributed by atoms with Gasteiger partial charge < -0.3 is 15.0 Å². The lowest BCUT2D eigenvalue weighted by molar-refractivity contribution is -0.384. The molecule has 2 amide bonds. The van der Waals surface area contributed by atoms with Crippen molar-refractivity contribution in [2.75, 3.05) is 23.4 Å². The average molecular weight is 411 g/mol. The maximum Gasteiger partial charge on any atom is 0.311 e. The predicted octanol–water partition coefficient (Wildman–Crippen LogP) is 2.75. The van der Waals surface area contributed by atoms with Gasteiger partial charge in [-0.1, -0.05) is 12.1 Å². The Kier molecular flexibility index (Phi) is 6.10. The van der Waals surface area contributed by atoms with E-state index in [1.165, 1.54) is 24.3 Å². The van der Waals surface area contributed by atoms with E-state index in [9.17, 15) is 24.5 Å². The van der Waals surface area contributed by atoms with Crippen molar-refractivity contribution in [1.29, 1.82) is 0 Å². The molecule has 0 aliphatic carbocycles. The second-order valence-electron chi connectivity index (χ2n) is 7.08. The number of nitrogens with one attached hydrogen (secondary N) is 1. The van der Waals surface area contributed by atoms with Gasteiger partial charge in [0, 0.05) is 36.5 Å². The predicted molar refractivity (Wildman–Crippen MR) is 109 cm³/mol. The number of nitro benzene ring substituents is 1. The van der Waals surface area contributed by atoms with Gasteiger partial charge >= 0.3 is 5.97 Å². The van der Waals surface area contributed by atoms with Crippen molar-refractivity contribution in [3.05, 3.63) is 63.7 Å². The van der Waals surface area contributed by atoms with E-state index in [4.69, 9.17) is 4.74 Å². The van der Waals surface area contributed by atoms with Crippen molar-refractivity contribution in [1.82, 2.24) is 0 Å². The molecule has 1 atom stereocenters. The summed E-state index contributed by atoms with van der Waals surface area (Å²) in [6.45, 7) is 3.57. The largest absolute Gasteiger partial charge is 0.455 e. The molecule has 9 heteroatoms. The Bertz CT molecular complexity index is 1000. The molecule has 1 fully saturated rings. The highest BCUT2D eigenvalue weighted by Crippen LogP contribution is 2.29. The second-order valence-corrected chi connectivity index (χ2v) is 7.08. The molecule has 30 heavy (non-hydrogen) atoms. The smallest absolute Gasteiger partial charge is 0.311 e. The minimum absolute atomic E-state index is 0.0240. The van der Waals surface area contributed by atoms with Gasteiger partial charge in [-0.25, -0.2) is 0 Å². The average Bonchev–Trinajstić information content (AvgIpc) is 3.10. The summed E-state index contributed by atoms with van der Waals surface area (Å²) < 4.78 is 5.07. The van der Waals surface area contributed by atoms with Crippen LogP contribution in [0.25, 0.3) is 0 Å². The van der Waals surface area contributed by atoms with Crippen LogP contribution in [-0.4, -0.2) is 35.9 Å². The zero-order valence-electron chi connectivity index (χ0n) is 16.6. The molecule has 0 saturated carbocycles. The summed E-state index contributed by atoms with van der Waals surface area (Å²) in [5, 5.41) is 13.1. The molecule has 1 heterocycles. The molecular weight excluding hydrogens is 390 g/mol. The number of benzene rings is 2. The van der Waals surface area contributed by atoms with E-state index in [1.807, 2.05) is 32.0 Å². The van der Waals surface area contributed by atoms with E-state index in [0.29, 0.717) is 5.69 Å². The Morgan fingerprint density at radius 1 is 1.20 bits per heavy atom. The normalized spacial score (nSPS) is 15.7. The maximum atomic E-state index is 12.4. The van der Waals surface area contributed by atoms with Crippen molar-refractivity contribution in [2.45, 2.75) is 20.3 Å². The van der Waals surface area contributed by atoms with Crippen molar-refractivity contribution in [3.63, 3.8) is 0 Å². The van der Waals surface area contributed by atoms with E-state index in [1.54, 1.807) is 4.90 Å². The van der Waals surface area contributed by atoms with Gasteiger partial charge in [-0.05, 0) is 43.2 Å². The Hall–Kier alpha value is -3.75. The summed E-state index contributed by atoms with van der Waals surface area (Å²) in [4.78, 5) is 48.4. The Balaban J connectivity index is 1.53. The first kappa shape index (κ1) is 21.0. The molecule has 0 aromatic heterocycles. The fraction of sp³-hybridized carbons (Fsp3) is 0.286. The van der Waals surface area contributed by atoms with Gasteiger partial charge in [0.15, 0.2) is 6.61 Å². The third-order valence-corrected chi connectivity index (χ3v) is 5.03. The lowest BCUT2D eigenvalue weighted by atomic mass is 10.1. The number of non-ortho nitro benzene ring substituents is 1. The number of rotatable bonds is 6. The summed E-state index contributed by atoms with van der Waals surface area (Å²) >= 11 is 0. The number of anilines is 2. The molecular formula is C21H21N3O6. The molecule has 1 aliphatic heterocycles. The minimum Gasteiger partial charge on any atom is -0.455 e. The van der Waals surface area contributed by atoms with Crippen LogP contribution in [0.5, 0.6) is 0 Å². The van der Waals surface area contributed by atoms with Crippen molar-refractivity contribution in [3.8, 4) is 0 Å².